The second kappa shape index (κ2) is 4.60. The van der Waals surface area contributed by atoms with Gasteiger partial charge in [-0.2, -0.15) is 4.55 Å². The molecule has 0 aromatic heterocycles. The fourth-order valence-electron chi connectivity index (χ4n) is 0.901. The summed E-state index contributed by atoms with van der Waals surface area (Å²) in [6.45, 7) is 2.82. The molecule has 0 amide bonds. The van der Waals surface area contributed by atoms with Gasteiger partial charge in [0, 0.05) is 12.6 Å². The SMILES string of the molecule is CCNc1cc([SH+]O)ccc1Cl. The Hall–Kier alpha value is -0.380. The highest BCUT2D eigenvalue weighted by molar-refractivity contribution is 7.72. The lowest BCUT2D eigenvalue weighted by atomic mass is 10.3. The topological polar surface area (TPSA) is 32.3 Å². The first kappa shape index (κ1) is 9.71. The van der Waals surface area contributed by atoms with Gasteiger partial charge >= 0.3 is 0 Å². The van der Waals surface area contributed by atoms with E-state index in [-0.39, 0.29) is 12.0 Å². The van der Waals surface area contributed by atoms with Crippen LogP contribution in [0.3, 0.4) is 0 Å². The molecule has 0 aliphatic rings. The Balaban J connectivity index is 2.91. The molecule has 0 aliphatic heterocycles. The molecule has 0 aliphatic carbocycles. The normalized spacial score (nSPS) is 9.92. The van der Waals surface area contributed by atoms with Crippen LogP contribution in [0.1, 0.15) is 6.92 Å². The van der Waals surface area contributed by atoms with Crippen LogP contribution >= 0.6 is 11.6 Å². The van der Waals surface area contributed by atoms with Crippen molar-refractivity contribution in [2.24, 2.45) is 0 Å². The van der Waals surface area contributed by atoms with E-state index in [1.165, 1.54) is 0 Å². The van der Waals surface area contributed by atoms with Gasteiger partial charge in [-0.15, -0.1) is 0 Å². The van der Waals surface area contributed by atoms with E-state index in [4.69, 9.17) is 16.2 Å². The summed E-state index contributed by atoms with van der Waals surface area (Å²) in [4.78, 5) is 0.843. The number of hydrogen-bond acceptors (Lipinski definition) is 2. The van der Waals surface area contributed by atoms with Gasteiger partial charge in [0.25, 0.3) is 0 Å². The fraction of sp³-hybridized carbons (Fsp3) is 0.250. The van der Waals surface area contributed by atoms with E-state index in [9.17, 15) is 0 Å². The average Bonchev–Trinajstić information content (AvgIpc) is 2.09. The van der Waals surface area contributed by atoms with E-state index in [2.05, 4.69) is 5.32 Å². The number of hydrogen-bond donors (Lipinski definition) is 2. The first-order chi connectivity index (χ1) is 5.77. The predicted molar refractivity (Wildman–Crippen MR) is 55.3 cm³/mol. The first-order valence-electron chi connectivity index (χ1n) is 3.66. The first-order valence-corrected chi connectivity index (χ1v) is 4.89. The molecule has 1 aromatic rings. The molecule has 0 fully saturated rings. The van der Waals surface area contributed by atoms with Crippen molar-refractivity contribution in [3.8, 4) is 0 Å². The molecule has 0 heterocycles. The average molecular weight is 205 g/mol. The van der Waals surface area contributed by atoms with Crippen LogP contribution in [0.4, 0.5) is 5.69 Å². The minimum absolute atomic E-state index is 0.274. The van der Waals surface area contributed by atoms with Crippen molar-refractivity contribution in [3.05, 3.63) is 23.2 Å². The molecular formula is C8H11ClNOS+. The van der Waals surface area contributed by atoms with Gasteiger partial charge in [-0.3, -0.25) is 0 Å². The summed E-state index contributed by atoms with van der Waals surface area (Å²) in [5, 5.41) is 3.79. The summed E-state index contributed by atoms with van der Waals surface area (Å²) in [6.07, 6.45) is 0. The lowest BCUT2D eigenvalue weighted by Crippen LogP contribution is -1.97. The van der Waals surface area contributed by atoms with Crippen LogP contribution in [0.25, 0.3) is 0 Å². The summed E-state index contributed by atoms with van der Waals surface area (Å²) in [6, 6.07) is 5.41. The number of rotatable bonds is 3. The van der Waals surface area contributed by atoms with Crippen molar-refractivity contribution < 1.29 is 4.55 Å². The molecule has 1 rings (SSSR count). The molecule has 0 unspecified atom stereocenters. The molecule has 0 bridgehead atoms. The van der Waals surface area contributed by atoms with E-state index >= 15 is 0 Å². The van der Waals surface area contributed by atoms with Crippen LogP contribution in [-0.2, 0) is 12.0 Å². The number of nitrogens with one attached hydrogen (secondary N) is 1. The standard InChI is InChI=1S/C8H10ClNOS/c1-2-10-8-5-6(12-11)3-4-7(8)9/h3-5,10-11H,2H2,1H3/p+1. The largest absolute Gasteiger partial charge is 0.384 e. The summed E-state index contributed by atoms with van der Waals surface area (Å²) in [5.74, 6) is 0. The van der Waals surface area contributed by atoms with Crippen molar-refractivity contribution in [2.45, 2.75) is 11.8 Å². The highest BCUT2D eigenvalue weighted by Crippen LogP contribution is 2.23. The van der Waals surface area contributed by atoms with Crippen molar-refractivity contribution in [1.29, 1.82) is 0 Å². The second-order valence-electron chi connectivity index (χ2n) is 2.29. The summed E-state index contributed by atoms with van der Waals surface area (Å²) >= 11 is 6.16. The Morgan fingerprint density at radius 1 is 1.58 bits per heavy atom. The van der Waals surface area contributed by atoms with E-state index in [0.717, 1.165) is 17.1 Å². The van der Waals surface area contributed by atoms with Gasteiger partial charge in [0.1, 0.15) is 0 Å². The summed E-state index contributed by atoms with van der Waals surface area (Å²) in [7, 11) is 0. The lowest BCUT2D eigenvalue weighted by Gasteiger charge is -2.03. The minimum Gasteiger partial charge on any atom is -0.384 e. The molecule has 4 heteroatoms. The Morgan fingerprint density at radius 2 is 2.33 bits per heavy atom. The van der Waals surface area contributed by atoms with Crippen molar-refractivity contribution in [3.63, 3.8) is 0 Å². The van der Waals surface area contributed by atoms with Gasteiger partial charge in [-0.1, -0.05) is 11.6 Å². The Labute approximate surface area is 81.1 Å². The number of anilines is 1. The third-order valence-electron chi connectivity index (χ3n) is 1.43. The molecule has 0 saturated heterocycles. The zero-order valence-electron chi connectivity index (χ0n) is 6.71. The predicted octanol–water partition coefficient (Wildman–Crippen LogP) is 2.42. The quantitative estimate of drug-likeness (QED) is 0.586. The Kier molecular flexibility index (Phi) is 3.72. The minimum atomic E-state index is 0.274. The third-order valence-corrected chi connectivity index (χ3v) is 2.27. The molecule has 66 valence electrons. The Morgan fingerprint density at radius 3 is 2.92 bits per heavy atom. The smallest absolute Gasteiger partial charge is 0.189 e. The maximum Gasteiger partial charge on any atom is 0.189 e. The molecule has 0 radical (unpaired) electrons. The van der Waals surface area contributed by atoms with Crippen molar-refractivity contribution in [1.82, 2.24) is 0 Å². The number of benzene rings is 1. The third kappa shape index (κ3) is 2.30. The maximum absolute atomic E-state index is 8.82. The van der Waals surface area contributed by atoms with Crippen LogP contribution in [0.15, 0.2) is 23.1 Å². The molecule has 0 atom stereocenters. The van der Waals surface area contributed by atoms with Crippen molar-refractivity contribution in [2.75, 3.05) is 11.9 Å². The molecular weight excluding hydrogens is 194 g/mol. The van der Waals surface area contributed by atoms with Crippen LogP contribution < -0.4 is 5.32 Å². The van der Waals surface area contributed by atoms with E-state index < -0.39 is 0 Å². The maximum atomic E-state index is 8.82. The van der Waals surface area contributed by atoms with Crippen molar-refractivity contribution >= 4 is 29.3 Å². The monoisotopic (exact) mass is 204 g/mol. The molecule has 0 spiro atoms. The second-order valence-corrected chi connectivity index (χ2v) is 3.42. The number of halogens is 1. The zero-order chi connectivity index (χ0) is 8.97. The molecule has 1 aromatic carbocycles. The van der Waals surface area contributed by atoms with Gasteiger partial charge in [0.05, 0.1) is 10.7 Å². The summed E-state index contributed by atoms with van der Waals surface area (Å²) in [5.41, 5.74) is 0.873. The van der Waals surface area contributed by atoms with Gasteiger partial charge in [-0.05, 0) is 19.1 Å². The van der Waals surface area contributed by atoms with Gasteiger partial charge in [0.2, 0.25) is 0 Å². The van der Waals surface area contributed by atoms with Crippen LogP contribution in [0, 0.1) is 0 Å². The zero-order valence-corrected chi connectivity index (χ0v) is 8.36. The van der Waals surface area contributed by atoms with E-state index in [0.29, 0.717) is 5.02 Å². The molecule has 0 saturated carbocycles. The lowest BCUT2D eigenvalue weighted by molar-refractivity contribution is 0.658. The van der Waals surface area contributed by atoms with Gasteiger partial charge < -0.3 is 5.32 Å². The highest BCUT2D eigenvalue weighted by atomic mass is 35.5. The van der Waals surface area contributed by atoms with E-state index in [1.807, 2.05) is 13.0 Å². The van der Waals surface area contributed by atoms with Gasteiger partial charge in [-0.25, -0.2) is 0 Å². The number of thiol groups is 1. The van der Waals surface area contributed by atoms with Crippen LogP contribution in [0.2, 0.25) is 5.02 Å². The van der Waals surface area contributed by atoms with Crippen LogP contribution in [-0.4, -0.2) is 11.1 Å². The Bertz CT molecular complexity index is 267. The molecule has 2 nitrogen and oxygen atoms in total. The summed E-state index contributed by atoms with van der Waals surface area (Å²) < 4.78 is 8.82. The fourth-order valence-corrected chi connectivity index (χ4v) is 1.41. The van der Waals surface area contributed by atoms with Gasteiger partial charge in [0.15, 0.2) is 16.9 Å². The highest BCUT2D eigenvalue weighted by Gasteiger charge is 2.04. The molecule has 12 heavy (non-hydrogen) atoms. The molecule has 2 N–H and O–H groups in total. The van der Waals surface area contributed by atoms with E-state index in [1.54, 1.807) is 12.1 Å². The van der Waals surface area contributed by atoms with Crippen LogP contribution in [0.5, 0.6) is 0 Å².